The zero-order valence-corrected chi connectivity index (χ0v) is 10.5. The standard InChI is InChI=1S/C14H18OS/c1-3-5-6-7-14(15)12-8-10-13(11-9-12)16-4-2/h1,8-11,14-15H,4-7H2,2H3. The Morgan fingerprint density at radius 1 is 1.38 bits per heavy atom. The van der Waals surface area contributed by atoms with E-state index in [0.29, 0.717) is 0 Å². The second-order valence-electron chi connectivity index (χ2n) is 3.61. The van der Waals surface area contributed by atoms with E-state index < -0.39 is 0 Å². The topological polar surface area (TPSA) is 20.2 Å². The average molecular weight is 234 g/mol. The molecule has 0 bridgehead atoms. The Balaban J connectivity index is 2.49. The van der Waals surface area contributed by atoms with E-state index in [-0.39, 0.29) is 6.10 Å². The zero-order chi connectivity index (χ0) is 11.8. The zero-order valence-electron chi connectivity index (χ0n) is 9.65. The maximum Gasteiger partial charge on any atom is 0.0790 e. The molecule has 1 atom stereocenters. The largest absolute Gasteiger partial charge is 0.388 e. The molecule has 0 aliphatic heterocycles. The first-order valence-electron chi connectivity index (χ1n) is 5.62. The Kier molecular flexibility index (Phi) is 6.07. The molecule has 0 saturated heterocycles. The lowest BCUT2D eigenvalue weighted by atomic mass is 10.0. The van der Waals surface area contributed by atoms with Crippen LogP contribution >= 0.6 is 11.8 Å². The highest BCUT2D eigenvalue weighted by Gasteiger charge is 2.06. The first-order valence-corrected chi connectivity index (χ1v) is 6.60. The Hall–Kier alpha value is -0.910. The predicted octanol–water partition coefficient (Wildman–Crippen LogP) is 3.64. The van der Waals surface area contributed by atoms with Crippen LogP contribution in [0.15, 0.2) is 29.2 Å². The summed E-state index contributed by atoms with van der Waals surface area (Å²) in [6.45, 7) is 2.13. The molecule has 86 valence electrons. The van der Waals surface area contributed by atoms with Crippen LogP contribution in [0.25, 0.3) is 0 Å². The SMILES string of the molecule is C#CCCCC(O)c1ccc(SCC)cc1. The van der Waals surface area contributed by atoms with Gasteiger partial charge in [0.15, 0.2) is 0 Å². The van der Waals surface area contributed by atoms with Gasteiger partial charge in [-0.2, -0.15) is 0 Å². The van der Waals surface area contributed by atoms with E-state index in [0.717, 1.165) is 30.6 Å². The smallest absolute Gasteiger partial charge is 0.0790 e. The third-order valence-corrected chi connectivity index (χ3v) is 3.27. The summed E-state index contributed by atoms with van der Waals surface area (Å²) in [5, 5.41) is 9.89. The van der Waals surface area contributed by atoms with Crippen LogP contribution in [0.2, 0.25) is 0 Å². The minimum Gasteiger partial charge on any atom is -0.388 e. The molecule has 1 rings (SSSR count). The van der Waals surface area contributed by atoms with E-state index in [1.165, 1.54) is 4.90 Å². The minimum absolute atomic E-state index is 0.381. The summed E-state index contributed by atoms with van der Waals surface area (Å²) in [4.78, 5) is 1.25. The fraction of sp³-hybridized carbons (Fsp3) is 0.429. The Labute approximate surface area is 102 Å². The number of terminal acetylenes is 1. The van der Waals surface area contributed by atoms with Gasteiger partial charge in [0, 0.05) is 11.3 Å². The first-order chi connectivity index (χ1) is 7.77. The van der Waals surface area contributed by atoms with Crippen LogP contribution in [-0.4, -0.2) is 10.9 Å². The molecular formula is C14H18OS. The molecule has 16 heavy (non-hydrogen) atoms. The van der Waals surface area contributed by atoms with E-state index in [2.05, 4.69) is 25.0 Å². The van der Waals surface area contributed by atoms with Crippen molar-refractivity contribution in [3.8, 4) is 12.3 Å². The van der Waals surface area contributed by atoms with Gasteiger partial charge in [-0.05, 0) is 36.3 Å². The number of hydrogen-bond acceptors (Lipinski definition) is 2. The van der Waals surface area contributed by atoms with Crippen molar-refractivity contribution in [2.75, 3.05) is 5.75 Å². The lowest BCUT2D eigenvalue weighted by Crippen LogP contribution is -1.96. The van der Waals surface area contributed by atoms with E-state index in [4.69, 9.17) is 6.42 Å². The van der Waals surface area contributed by atoms with Crippen LogP contribution in [0.1, 0.15) is 37.9 Å². The lowest BCUT2D eigenvalue weighted by molar-refractivity contribution is 0.165. The monoisotopic (exact) mass is 234 g/mol. The lowest BCUT2D eigenvalue weighted by Gasteiger charge is -2.10. The third kappa shape index (κ3) is 4.30. The highest BCUT2D eigenvalue weighted by molar-refractivity contribution is 7.99. The van der Waals surface area contributed by atoms with E-state index in [1.54, 1.807) is 0 Å². The van der Waals surface area contributed by atoms with Crippen LogP contribution in [0.3, 0.4) is 0 Å². The van der Waals surface area contributed by atoms with Gasteiger partial charge in [-0.3, -0.25) is 0 Å². The van der Waals surface area contributed by atoms with Crippen LogP contribution in [-0.2, 0) is 0 Å². The number of aliphatic hydroxyl groups excluding tert-OH is 1. The van der Waals surface area contributed by atoms with E-state index >= 15 is 0 Å². The maximum atomic E-state index is 9.89. The Morgan fingerprint density at radius 2 is 2.06 bits per heavy atom. The normalized spacial score (nSPS) is 12.1. The van der Waals surface area contributed by atoms with Crippen molar-refractivity contribution < 1.29 is 5.11 Å². The molecule has 0 aromatic heterocycles. The van der Waals surface area contributed by atoms with Crippen molar-refractivity contribution in [3.63, 3.8) is 0 Å². The van der Waals surface area contributed by atoms with Crippen molar-refractivity contribution in [1.29, 1.82) is 0 Å². The molecular weight excluding hydrogens is 216 g/mol. The number of aliphatic hydroxyl groups is 1. The molecule has 0 amide bonds. The quantitative estimate of drug-likeness (QED) is 0.461. The molecule has 0 aliphatic rings. The second kappa shape index (κ2) is 7.38. The van der Waals surface area contributed by atoms with Gasteiger partial charge in [0.1, 0.15) is 0 Å². The van der Waals surface area contributed by atoms with Gasteiger partial charge >= 0.3 is 0 Å². The summed E-state index contributed by atoms with van der Waals surface area (Å²) < 4.78 is 0. The summed E-state index contributed by atoms with van der Waals surface area (Å²) in [5.74, 6) is 3.66. The maximum absolute atomic E-state index is 9.89. The number of rotatable bonds is 6. The first kappa shape index (κ1) is 13.2. The van der Waals surface area contributed by atoms with Crippen LogP contribution in [0.5, 0.6) is 0 Å². The number of unbranched alkanes of at least 4 members (excludes halogenated alkanes) is 1. The van der Waals surface area contributed by atoms with E-state index in [9.17, 15) is 5.11 Å². The average Bonchev–Trinajstić information content (AvgIpc) is 2.30. The Morgan fingerprint density at radius 3 is 2.62 bits per heavy atom. The predicted molar refractivity (Wildman–Crippen MR) is 70.5 cm³/mol. The summed E-state index contributed by atoms with van der Waals surface area (Å²) in [5.41, 5.74) is 0.984. The van der Waals surface area contributed by atoms with Crippen LogP contribution in [0, 0.1) is 12.3 Å². The number of hydrogen-bond donors (Lipinski definition) is 1. The molecule has 1 nitrogen and oxygen atoms in total. The van der Waals surface area contributed by atoms with E-state index in [1.807, 2.05) is 23.9 Å². The molecule has 0 radical (unpaired) electrons. The molecule has 0 spiro atoms. The number of thioether (sulfide) groups is 1. The van der Waals surface area contributed by atoms with Crippen LogP contribution in [0.4, 0.5) is 0 Å². The number of benzene rings is 1. The molecule has 0 saturated carbocycles. The van der Waals surface area contributed by atoms with Crippen molar-refractivity contribution in [1.82, 2.24) is 0 Å². The molecule has 1 aromatic carbocycles. The Bertz CT molecular complexity index is 337. The van der Waals surface area contributed by atoms with Gasteiger partial charge in [-0.1, -0.05) is 19.1 Å². The molecule has 0 heterocycles. The van der Waals surface area contributed by atoms with Crippen molar-refractivity contribution >= 4 is 11.8 Å². The van der Waals surface area contributed by atoms with Crippen molar-refractivity contribution in [2.24, 2.45) is 0 Å². The fourth-order valence-corrected chi connectivity index (χ4v) is 2.18. The molecule has 2 heteroatoms. The van der Waals surface area contributed by atoms with Crippen molar-refractivity contribution in [2.45, 2.75) is 37.2 Å². The highest BCUT2D eigenvalue weighted by atomic mass is 32.2. The van der Waals surface area contributed by atoms with Gasteiger partial charge < -0.3 is 5.11 Å². The van der Waals surface area contributed by atoms with Gasteiger partial charge in [0.25, 0.3) is 0 Å². The van der Waals surface area contributed by atoms with Gasteiger partial charge in [0.05, 0.1) is 6.10 Å². The van der Waals surface area contributed by atoms with Gasteiger partial charge in [-0.25, -0.2) is 0 Å². The van der Waals surface area contributed by atoms with Gasteiger partial charge in [0.2, 0.25) is 0 Å². The van der Waals surface area contributed by atoms with Crippen LogP contribution < -0.4 is 0 Å². The fourth-order valence-electron chi connectivity index (χ4n) is 1.52. The summed E-state index contributed by atoms with van der Waals surface area (Å²) in [6, 6.07) is 8.12. The second-order valence-corrected chi connectivity index (χ2v) is 4.95. The molecule has 0 aliphatic carbocycles. The molecule has 0 fully saturated rings. The molecule has 1 N–H and O–H groups in total. The summed E-state index contributed by atoms with van der Waals surface area (Å²) in [7, 11) is 0. The summed E-state index contributed by atoms with van der Waals surface area (Å²) >= 11 is 1.81. The highest BCUT2D eigenvalue weighted by Crippen LogP contribution is 2.23. The summed E-state index contributed by atoms with van der Waals surface area (Å²) in [6.07, 6.45) is 7.15. The van der Waals surface area contributed by atoms with Crippen molar-refractivity contribution in [3.05, 3.63) is 29.8 Å². The molecule has 1 aromatic rings. The third-order valence-electron chi connectivity index (χ3n) is 2.37. The molecule has 1 unspecified atom stereocenters. The van der Waals surface area contributed by atoms with Gasteiger partial charge in [-0.15, -0.1) is 24.1 Å². The minimum atomic E-state index is -0.381.